The van der Waals surface area contributed by atoms with E-state index in [9.17, 15) is 13.2 Å². The van der Waals surface area contributed by atoms with Crippen molar-refractivity contribution >= 4 is 5.69 Å². The van der Waals surface area contributed by atoms with Gasteiger partial charge in [0.25, 0.3) is 0 Å². The number of nitrogens with two attached hydrogens (primary N) is 1. The largest absolute Gasteiger partial charge is 0.416 e. The molecule has 2 nitrogen and oxygen atoms in total. The minimum absolute atomic E-state index is 0.00985. The Balaban J connectivity index is 2.17. The first-order chi connectivity index (χ1) is 10.0. The number of rotatable bonds is 2. The Hall–Kier alpha value is -1.23. The Bertz CT molecular complexity index is 505. The Morgan fingerprint density at radius 2 is 1.86 bits per heavy atom. The fourth-order valence-corrected chi connectivity index (χ4v) is 3.35. The minimum atomic E-state index is -4.31. The number of anilines is 1. The van der Waals surface area contributed by atoms with Gasteiger partial charge in [-0.2, -0.15) is 13.2 Å². The van der Waals surface area contributed by atoms with Crippen LogP contribution in [0.3, 0.4) is 0 Å². The summed E-state index contributed by atoms with van der Waals surface area (Å²) in [5.74, 6) is 0.415. The average molecular weight is 314 g/mol. The highest BCUT2D eigenvalue weighted by molar-refractivity contribution is 5.50. The van der Waals surface area contributed by atoms with Crippen molar-refractivity contribution in [3.63, 3.8) is 0 Å². The lowest BCUT2D eigenvalue weighted by Crippen LogP contribution is -2.47. The second-order valence-corrected chi connectivity index (χ2v) is 7.58. The molecule has 2 N–H and O–H groups in total. The summed E-state index contributed by atoms with van der Waals surface area (Å²) in [5.41, 5.74) is 6.34. The molecular formula is C17H25F3N2. The molecule has 2 unspecified atom stereocenters. The highest BCUT2D eigenvalue weighted by Gasteiger charge is 2.32. The number of alkyl halides is 3. The fourth-order valence-electron chi connectivity index (χ4n) is 3.35. The molecule has 1 fully saturated rings. The van der Waals surface area contributed by atoms with Gasteiger partial charge >= 0.3 is 6.18 Å². The maximum absolute atomic E-state index is 12.9. The van der Waals surface area contributed by atoms with E-state index in [0.29, 0.717) is 18.2 Å². The summed E-state index contributed by atoms with van der Waals surface area (Å²) in [6.07, 6.45) is -2.35. The first-order valence-electron chi connectivity index (χ1n) is 7.72. The molecule has 5 heteroatoms. The first-order valence-corrected chi connectivity index (χ1v) is 7.72. The van der Waals surface area contributed by atoms with Gasteiger partial charge in [0.1, 0.15) is 0 Å². The molecule has 1 aromatic carbocycles. The lowest BCUT2D eigenvalue weighted by molar-refractivity contribution is -0.137. The van der Waals surface area contributed by atoms with Gasteiger partial charge in [-0.15, -0.1) is 0 Å². The maximum Gasteiger partial charge on any atom is 0.416 e. The predicted molar refractivity (Wildman–Crippen MR) is 83.8 cm³/mol. The number of halogens is 3. The Morgan fingerprint density at radius 3 is 2.45 bits per heavy atom. The summed E-state index contributed by atoms with van der Waals surface area (Å²) in [6.45, 7) is 7.93. The van der Waals surface area contributed by atoms with Gasteiger partial charge in [-0.05, 0) is 42.4 Å². The first kappa shape index (κ1) is 17.1. The van der Waals surface area contributed by atoms with Crippen molar-refractivity contribution in [1.82, 2.24) is 0 Å². The number of piperidine rings is 1. The molecule has 1 aliphatic rings. The summed E-state index contributed by atoms with van der Waals surface area (Å²) in [5, 5.41) is 0. The molecule has 124 valence electrons. The Kier molecular flexibility index (Phi) is 4.76. The van der Waals surface area contributed by atoms with Gasteiger partial charge in [0.05, 0.1) is 5.56 Å². The van der Waals surface area contributed by atoms with E-state index in [1.807, 2.05) is 4.90 Å². The third kappa shape index (κ3) is 4.63. The monoisotopic (exact) mass is 314 g/mol. The molecule has 1 heterocycles. The summed E-state index contributed by atoms with van der Waals surface area (Å²) < 4.78 is 38.6. The standard InChI is InChI=1S/C17H25F3N2/c1-16(2,3)9-12-7-14(21)11-22(10-12)15-6-4-5-13(8-15)17(18,19)20/h4-6,8,12,14H,7,9-11,21H2,1-3H3. The van der Waals surface area contributed by atoms with E-state index in [2.05, 4.69) is 20.8 Å². The van der Waals surface area contributed by atoms with Crippen molar-refractivity contribution < 1.29 is 13.2 Å². The van der Waals surface area contributed by atoms with Crippen LogP contribution in [0.25, 0.3) is 0 Å². The number of hydrogen-bond donors (Lipinski definition) is 1. The molecule has 0 aliphatic carbocycles. The van der Waals surface area contributed by atoms with Crippen LogP contribution in [0.15, 0.2) is 24.3 Å². The van der Waals surface area contributed by atoms with Crippen LogP contribution in [-0.4, -0.2) is 19.1 Å². The molecule has 22 heavy (non-hydrogen) atoms. The maximum atomic E-state index is 12.9. The van der Waals surface area contributed by atoms with Crippen molar-refractivity contribution in [2.45, 2.75) is 45.8 Å². The predicted octanol–water partition coefficient (Wildman–Crippen LogP) is 4.30. The smallest absolute Gasteiger partial charge is 0.370 e. The highest BCUT2D eigenvalue weighted by Crippen LogP contribution is 2.34. The minimum Gasteiger partial charge on any atom is -0.370 e. The molecule has 1 aromatic rings. The topological polar surface area (TPSA) is 29.3 Å². The Morgan fingerprint density at radius 1 is 1.18 bits per heavy atom. The summed E-state index contributed by atoms with van der Waals surface area (Å²) >= 11 is 0. The summed E-state index contributed by atoms with van der Waals surface area (Å²) in [7, 11) is 0. The van der Waals surface area contributed by atoms with E-state index >= 15 is 0 Å². The average Bonchev–Trinajstić information content (AvgIpc) is 2.35. The third-order valence-electron chi connectivity index (χ3n) is 4.01. The fraction of sp³-hybridized carbons (Fsp3) is 0.647. The zero-order chi connectivity index (χ0) is 16.5. The number of hydrogen-bond acceptors (Lipinski definition) is 2. The van der Waals surface area contributed by atoms with E-state index in [0.717, 1.165) is 25.5 Å². The normalized spacial score (nSPS) is 23.7. The molecule has 1 saturated heterocycles. The van der Waals surface area contributed by atoms with Crippen LogP contribution >= 0.6 is 0 Å². The molecule has 0 radical (unpaired) electrons. The summed E-state index contributed by atoms with van der Waals surface area (Å²) in [6, 6.07) is 5.56. The summed E-state index contributed by atoms with van der Waals surface area (Å²) in [4.78, 5) is 2.00. The lowest BCUT2D eigenvalue weighted by Gasteiger charge is -2.40. The Labute approximate surface area is 130 Å². The molecule has 0 bridgehead atoms. The number of benzene rings is 1. The van der Waals surface area contributed by atoms with E-state index in [1.165, 1.54) is 12.1 Å². The second-order valence-electron chi connectivity index (χ2n) is 7.58. The van der Waals surface area contributed by atoms with Crippen molar-refractivity contribution in [2.24, 2.45) is 17.1 Å². The molecule has 0 spiro atoms. The molecule has 0 amide bonds. The molecule has 0 aromatic heterocycles. The van der Waals surface area contributed by atoms with Crippen molar-refractivity contribution in [3.05, 3.63) is 29.8 Å². The SMILES string of the molecule is CC(C)(C)CC1CC(N)CN(c2cccc(C(F)(F)F)c2)C1. The lowest BCUT2D eigenvalue weighted by atomic mass is 9.80. The van der Waals surface area contributed by atoms with Crippen molar-refractivity contribution in [2.75, 3.05) is 18.0 Å². The second kappa shape index (κ2) is 6.11. The van der Waals surface area contributed by atoms with Gasteiger partial charge in [0, 0.05) is 24.8 Å². The van der Waals surface area contributed by atoms with Gasteiger partial charge in [-0.3, -0.25) is 0 Å². The highest BCUT2D eigenvalue weighted by atomic mass is 19.4. The molecule has 0 saturated carbocycles. The van der Waals surface area contributed by atoms with E-state index in [4.69, 9.17) is 5.73 Å². The van der Waals surface area contributed by atoms with Crippen LogP contribution in [0.5, 0.6) is 0 Å². The van der Waals surface area contributed by atoms with Gasteiger partial charge in [-0.1, -0.05) is 26.8 Å². The molecule has 2 atom stereocenters. The zero-order valence-electron chi connectivity index (χ0n) is 13.5. The van der Waals surface area contributed by atoms with Crippen LogP contribution in [0.2, 0.25) is 0 Å². The van der Waals surface area contributed by atoms with Gasteiger partial charge in [0.15, 0.2) is 0 Å². The van der Waals surface area contributed by atoms with Gasteiger partial charge < -0.3 is 10.6 Å². The van der Waals surface area contributed by atoms with Crippen LogP contribution in [-0.2, 0) is 6.18 Å². The van der Waals surface area contributed by atoms with Gasteiger partial charge in [0.2, 0.25) is 0 Å². The number of nitrogens with zero attached hydrogens (tertiary/aromatic N) is 1. The van der Waals surface area contributed by atoms with Gasteiger partial charge in [-0.25, -0.2) is 0 Å². The van der Waals surface area contributed by atoms with Crippen molar-refractivity contribution in [1.29, 1.82) is 0 Å². The van der Waals surface area contributed by atoms with E-state index in [1.54, 1.807) is 6.07 Å². The van der Waals surface area contributed by atoms with Crippen LogP contribution < -0.4 is 10.6 Å². The van der Waals surface area contributed by atoms with Crippen molar-refractivity contribution in [3.8, 4) is 0 Å². The molecule has 2 rings (SSSR count). The van der Waals surface area contributed by atoms with Crippen LogP contribution in [0.1, 0.15) is 39.2 Å². The third-order valence-corrected chi connectivity index (χ3v) is 4.01. The quantitative estimate of drug-likeness (QED) is 0.882. The molecule has 1 aliphatic heterocycles. The van der Waals surface area contributed by atoms with E-state index < -0.39 is 11.7 Å². The van der Waals surface area contributed by atoms with Crippen LogP contribution in [0, 0.1) is 11.3 Å². The van der Waals surface area contributed by atoms with Crippen LogP contribution in [0.4, 0.5) is 18.9 Å². The zero-order valence-corrected chi connectivity index (χ0v) is 13.5. The molecular weight excluding hydrogens is 289 g/mol. The van der Waals surface area contributed by atoms with E-state index in [-0.39, 0.29) is 11.5 Å².